The van der Waals surface area contributed by atoms with Crippen LogP contribution in [-0.4, -0.2) is 23.2 Å². The second-order valence-corrected chi connectivity index (χ2v) is 8.00. The van der Waals surface area contributed by atoms with Crippen molar-refractivity contribution in [3.05, 3.63) is 78.0 Å². The van der Waals surface area contributed by atoms with Crippen LogP contribution in [0.2, 0.25) is 0 Å². The highest BCUT2D eigenvalue weighted by Gasteiger charge is 2.11. The first-order valence-electron chi connectivity index (χ1n) is 10.3. The molecule has 1 aliphatic rings. The lowest BCUT2D eigenvalue weighted by molar-refractivity contribution is 0.920. The molecule has 1 fully saturated rings. The molecule has 0 amide bonds. The van der Waals surface area contributed by atoms with E-state index in [2.05, 4.69) is 69.2 Å². The second-order valence-electron chi connectivity index (χ2n) is 7.59. The fourth-order valence-corrected chi connectivity index (χ4v) is 3.76. The van der Waals surface area contributed by atoms with Gasteiger partial charge in [0.25, 0.3) is 0 Å². The molecule has 0 spiro atoms. The molecule has 0 unspecified atom stereocenters. The first-order chi connectivity index (χ1) is 14.7. The van der Waals surface area contributed by atoms with Crippen LogP contribution in [0.15, 0.2) is 66.9 Å². The molecule has 30 heavy (non-hydrogen) atoms. The van der Waals surface area contributed by atoms with E-state index in [9.17, 15) is 0 Å². The topological polar surface area (TPSA) is 52.2 Å². The largest absolute Gasteiger partial charge is 0.372 e. The van der Waals surface area contributed by atoms with Gasteiger partial charge in [-0.05, 0) is 79.5 Å². The first kappa shape index (κ1) is 20.2. The number of aryl methyl sites for hydroxylation is 1. The van der Waals surface area contributed by atoms with Gasteiger partial charge in [0.05, 0.1) is 11.9 Å². The number of aromatic nitrogens is 1. The van der Waals surface area contributed by atoms with E-state index in [-0.39, 0.29) is 0 Å². The van der Waals surface area contributed by atoms with Gasteiger partial charge >= 0.3 is 0 Å². The van der Waals surface area contributed by atoms with E-state index in [0.717, 1.165) is 17.2 Å². The molecule has 0 atom stereocenters. The van der Waals surface area contributed by atoms with Crippen LogP contribution < -0.4 is 20.9 Å². The zero-order valence-electron chi connectivity index (χ0n) is 17.2. The molecule has 5 nitrogen and oxygen atoms in total. The summed E-state index contributed by atoms with van der Waals surface area (Å²) in [4.78, 5) is 6.90. The van der Waals surface area contributed by atoms with Gasteiger partial charge in [0.15, 0.2) is 5.11 Å². The average Bonchev–Trinajstić information content (AvgIpc) is 3.29. The van der Waals surface area contributed by atoms with E-state index < -0.39 is 0 Å². The standard InChI is InChI=1S/C24H27N5S/c1-18-5-4-6-20(15-18)27-23-12-9-21(17-25-23)28-24(30)26-16-19-7-10-22(11-8-19)29-13-2-3-14-29/h4-12,15,17H,2-3,13-14,16H2,1H3,(H,25,27)(H2,26,28,30). The Morgan fingerprint density at radius 2 is 1.80 bits per heavy atom. The minimum Gasteiger partial charge on any atom is -0.372 e. The minimum atomic E-state index is 0.583. The lowest BCUT2D eigenvalue weighted by Gasteiger charge is -2.18. The Labute approximate surface area is 183 Å². The van der Waals surface area contributed by atoms with Gasteiger partial charge in [-0.2, -0.15) is 0 Å². The summed E-state index contributed by atoms with van der Waals surface area (Å²) in [5, 5.41) is 10.3. The molecule has 154 valence electrons. The Morgan fingerprint density at radius 3 is 2.50 bits per heavy atom. The van der Waals surface area contributed by atoms with Crippen LogP contribution in [0.4, 0.5) is 22.9 Å². The van der Waals surface area contributed by atoms with E-state index in [0.29, 0.717) is 11.7 Å². The van der Waals surface area contributed by atoms with Crippen molar-refractivity contribution >= 4 is 40.2 Å². The van der Waals surface area contributed by atoms with Crippen molar-refractivity contribution in [2.45, 2.75) is 26.3 Å². The number of benzene rings is 2. The summed E-state index contributed by atoms with van der Waals surface area (Å²) in [5.74, 6) is 0.795. The highest BCUT2D eigenvalue weighted by atomic mass is 32.1. The van der Waals surface area contributed by atoms with Crippen molar-refractivity contribution in [1.82, 2.24) is 10.3 Å². The van der Waals surface area contributed by atoms with Crippen molar-refractivity contribution in [3.8, 4) is 0 Å². The third-order valence-electron chi connectivity index (χ3n) is 5.17. The van der Waals surface area contributed by atoms with Crippen LogP contribution in [0, 0.1) is 6.92 Å². The Balaban J connectivity index is 1.25. The zero-order chi connectivity index (χ0) is 20.8. The zero-order valence-corrected chi connectivity index (χ0v) is 18.0. The summed E-state index contributed by atoms with van der Waals surface area (Å²) >= 11 is 5.43. The number of pyridine rings is 1. The van der Waals surface area contributed by atoms with Crippen molar-refractivity contribution in [3.63, 3.8) is 0 Å². The van der Waals surface area contributed by atoms with Gasteiger partial charge in [0.1, 0.15) is 5.82 Å². The number of nitrogens with one attached hydrogen (secondary N) is 3. The molecule has 1 aliphatic heterocycles. The van der Waals surface area contributed by atoms with E-state index in [1.807, 2.05) is 24.3 Å². The quantitative estimate of drug-likeness (QED) is 0.478. The van der Waals surface area contributed by atoms with E-state index in [1.54, 1.807) is 6.20 Å². The van der Waals surface area contributed by atoms with Crippen LogP contribution in [0.5, 0.6) is 0 Å². The minimum absolute atomic E-state index is 0.583. The van der Waals surface area contributed by atoms with Gasteiger partial charge in [-0.1, -0.05) is 24.3 Å². The molecule has 3 aromatic rings. The Kier molecular flexibility index (Phi) is 6.44. The van der Waals surface area contributed by atoms with Crippen molar-refractivity contribution < 1.29 is 0 Å². The number of nitrogens with zero attached hydrogens (tertiary/aromatic N) is 2. The Morgan fingerprint density at radius 1 is 1.00 bits per heavy atom. The van der Waals surface area contributed by atoms with Crippen molar-refractivity contribution in [2.24, 2.45) is 0 Å². The summed E-state index contributed by atoms with van der Waals surface area (Å²) in [6.45, 7) is 5.09. The fourth-order valence-electron chi connectivity index (χ4n) is 3.57. The molecule has 2 heterocycles. The SMILES string of the molecule is Cc1cccc(Nc2ccc(NC(=S)NCc3ccc(N4CCCC4)cc3)cn2)c1. The van der Waals surface area contributed by atoms with Gasteiger partial charge in [0.2, 0.25) is 0 Å². The van der Waals surface area contributed by atoms with Crippen molar-refractivity contribution in [2.75, 3.05) is 28.6 Å². The van der Waals surface area contributed by atoms with E-state index >= 15 is 0 Å². The lowest BCUT2D eigenvalue weighted by Crippen LogP contribution is -2.28. The summed E-state index contributed by atoms with van der Waals surface area (Å²) in [6, 6.07) is 20.8. The van der Waals surface area contributed by atoms with Gasteiger partial charge in [-0.25, -0.2) is 4.98 Å². The third-order valence-corrected chi connectivity index (χ3v) is 5.42. The normalized spacial score (nSPS) is 13.2. The predicted octanol–water partition coefficient (Wildman–Crippen LogP) is 5.22. The number of hydrogen-bond donors (Lipinski definition) is 3. The van der Waals surface area contributed by atoms with Crippen LogP contribution in [0.1, 0.15) is 24.0 Å². The summed E-state index contributed by atoms with van der Waals surface area (Å²) in [7, 11) is 0. The van der Waals surface area contributed by atoms with Gasteiger partial charge < -0.3 is 20.9 Å². The molecular weight excluding hydrogens is 390 g/mol. The molecule has 1 aromatic heterocycles. The molecule has 6 heteroatoms. The summed E-state index contributed by atoms with van der Waals surface area (Å²) in [6.07, 6.45) is 4.36. The van der Waals surface area contributed by atoms with Crippen LogP contribution in [-0.2, 0) is 6.54 Å². The van der Waals surface area contributed by atoms with Gasteiger partial charge in [-0.3, -0.25) is 0 Å². The molecule has 0 saturated carbocycles. The number of thiocarbonyl (C=S) groups is 1. The first-order valence-corrected chi connectivity index (χ1v) is 10.7. The fraction of sp³-hybridized carbons (Fsp3) is 0.250. The van der Waals surface area contributed by atoms with Crippen LogP contribution in [0.25, 0.3) is 0 Å². The lowest BCUT2D eigenvalue weighted by atomic mass is 10.2. The van der Waals surface area contributed by atoms with Gasteiger partial charge in [-0.15, -0.1) is 0 Å². The Bertz CT molecular complexity index is 979. The number of anilines is 4. The average molecular weight is 418 g/mol. The maximum Gasteiger partial charge on any atom is 0.171 e. The third kappa shape index (κ3) is 5.48. The van der Waals surface area contributed by atoms with Crippen LogP contribution >= 0.6 is 12.2 Å². The summed E-state index contributed by atoms with van der Waals surface area (Å²) in [5.41, 5.74) is 5.60. The Hall–Kier alpha value is -3.12. The maximum atomic E-state index is 5.43. The molecule has 1 saturated heterocycles. The van der Waals surface area contributed by atoms with Crippen molar-refractivity contribution in [1.29, 1.82) is 0 Å². The number of rotatable bonds is 6. The number of hydrogen-bond acceptors (Lipinski definition) is 4. The maximum absolute atomic E-state index is 5.43. The molecule has 3 N–H and O–H groups in total. The molecule has 2 aromatic carbocycles. The smallest absolute Gasteiger partial charge is 0.171 e. The second kappa shape index (κ2) is 9.59. The highest BCUT2D eigenvalue weighted by Crippen LogP contribution is 2.20. The summed E-state index contributed by atoms with van der Waals surface area (Å²) < 4.78 is 0. The molecular formula is C24H27N5S. The molecule has 4 rings (SSSR count). The molecule has 0 bridgehead atoms. The van der Waals surface area contributed by atoms with E-state index in [1.165, 1.54) is 42.7 Å². The van der Waals surface area contributed by atoms with Gasteiger partial charge in [0, 0.05) is 31.0 Å². The van der Waals surface area contributed by atoms with Crippen LogP contribution in [0.3, 0.4) is 0 Å². The monoisotopic (exact) mass is 417 g/mol. The molecule has 0 radical (unpaired) electrons. The predicted molar refractivity (Wildman–Crippen MR) is 130 cm³/mol. The molecule has 0 aliphatic carbocycles. The van der Waals surface area contributed by atoms with E-state index in [4.69, 9.17) is 12.2 Å². The highest BCUT2D eigenvalue weighted by molar-refractivity contribution is 7.80.